The molecule has 2 rings (SSSR count). The van der Waals surface area contributed by atoms with Crippen LogP contribution in [-0.2, 0) is 10.1 Å². The molecule has 0 unspecified atom stereocenters. The number of fused-ring (bicyclic) bond motifs is 1. The van der Waals surface area contributed by atoms with Gasteiger partial charge in [-0.2, -0.15) is 8.42 Å². The van der Waals surface area contributed by atoms with Crippen LogP contribution in [0.4, 0.5) is 0 Å². The zero-order valence-corrected chi connectivity index (χ0v) is 9.38. The average Bonchev–Trinajstić information content (AvgIpc) is 2.45. The van der Waals surface area contributed by atoms with E-state index in [4.69, 9.17) is 27.8 Å². The summed E-state index contributed by atoms with van der Waals surface area (Å²) in [5, 5.41) is 0.340. The minimum Gasteiger partial charge on any atom is -0.288 e. The van der Waals surface area contributed by atoms with Gasteiger partial charge in [0.2, 0.25) is 0 Å². The summed E-state index contributed by atoms with van der Waals surface area (Å²) in [6.45, 7) is 0. The van der Waals surface area contributed by atoms with Crippen molar-refractivity contribution >= 4 is 39.0 Å². The van der Waals surface area contributed by atoms with Crippen molar-refractivity contribution in [1.29, 1.82) is 0 Å². The van der Waals surface area contributed by atoms with Crippen molar-refractivity contribution < 1.29 is 13.0 Å². The molecule has 0 aliphatic heterocycles. The van der Waals surface area contributed by atoms with Crippen LogP contribution in [0.25, 0.3) is 5.65 Å². The summed E-state index contributed by atoms with van der Waals surface area (Å²) in [4.78, 5) is 3.39. The third-order valence-electron chi connectivity index (χ3n) is 1.77. The number of rotatable bonds is 1. The fraction of sp³-hybridized carbons (Fsp3) is 0. The summed E-state index contributed by atoms with van der Waals surface area (Å²) >= 11 is 11.4. The van der Waals surface area contributed by atoms with E-state index in [-0.39, 0.29) is 20.7 Å². The highest BCUT2D eigenvalue weighted by Crippen LogP contribution is 2.23. The lowest BCUT2D eigenvalue weighted by Gasteiger charge is -2.01. The van der Waals surface area contributed by atoms with E-state index in [1.165, 1.54) is 16.8 Å². The van der Waals surface area contributed by atoms with Crippen LogP contribution in [-0.4, -0.2) is 22.4 Å². The summed E-state index contributed by atoms with van der Waals surface area (Å²) in [6.07, 6.45) is 2.67. The van der Waals surface area contributed by atoms with Crippen LogP contribution in [0.2, 0.25) is 10.2 Å². The van der Waals surface area contributed by atoms with Gasteiger partial charge in [-0.3, -0.25) is 8.95 Å². The third-order valence-corrected chi connectivity index (χ3v) is 3.11. The van der Waals surface area contributed by atoms with Gasteiger partial charge in [-0.25, -0.2) is 4.98 Å². The molecule has 5 nitrogen and oxygen atoms in total. The number of hydrogen-bond donors (Lipinski definition) is 1. The minimum absolute atomic E-state index is 0.0342. The van der Waals surface area contributed by atoms with Crippen molar-refractivity contribution in [1.82, 2.24) is 9.38 Å². The number of pyridine rings is 1. The Bertz CT molecular complexity index is 635. The predicted molar refractivity (Wildman–Crippen MR) is 55.0 cm³/mol. The first kappa shape index (κ1) is 10.7. The van der Waals surface area contributed by atoms with Crippen molar-refractivity contribution in [3.63, 3.8) is 0 Å². The van der Waals surface area contributed by atoms with E-state index < -0.39 is 10.1 Å². The Balaban J connectivity index is 2.97. The van der Waals surface area contributed by atoms with Gasteiger partial charge in [0.05, 0.1) is 11.2 Å². The molecule has 15 heavy (non-hydrogen) atoms. The Labute approximate surface area is 95.0 Å². The molecule has 0 amide bonds. The van der Waals surface area contributed by atoms with Crippen molar-refractivity contribution in [2.24, 2.45) is 0 Å². The van der Waals surface area contributed by atoms with Crippen molar-refractivity contribution in [3.05, 3.63) is 28.6 Å². The number of nitrogens with zero attached hydrogens (tertiary/aromatic N) is 2. The number of halogens is 2. The summed E-state index contributed by atoms with van der Waals surface area (Å²) in [5.74, 6) is 0. The second kappa shape index (κ2) is 3.34. The molecule has 0 atom stereocenters. The molecule has 0 fully saturated rings. The van der Waals surface area contributed by atoms with Crippen LogP contribution in [0, 0.1) is 0 Å². The zero-order valence-electron chi connectivity index (χ0n) is 7.05. The van der Waals surface area contributed by atoms with Gasteiger partial charge in [0, 0.05) is 6.20 Å². The summed E-state index contributed by atoms with van der Waals surface area (Å²) in [6, 6.07) is 1.11. The highest BCUT2D eigenvalue weighted by atomic mass is 35.5. The highest BCUT2D eigenvalue weighted by Gasteiger charge is 2.18. The van der Waals surface area contributed by atoms with Gasteiger partial charge in [0.15, 0.2) is 5.65 Å². The second-order valence-corrected chi connectivity index (χ2v) is 4.99. The monoisotopic (exact) mass is 266 g/mol. The first-order valence-corrected chi connectivity index (χ1v) is 5.89. The molecule has 2 aromatic rings. The van der Waals surface area contributed by atoms with Gasteiger partial charge >= 0.3 is 0 Å². The third kappa shape index (κ3) is 1.81. The second-order valence-electron chi connectivity index (χ2n) is 2.77. The standard InChI is InChI=1S/C7H4Cl2N2O3S/c8-4-1-5(15(12,13)14)7-10-2-6(9)11(7)3-4/h1-3H,(H,12,13,14). The topological polar surface area (TPSA) is 71.7 Å². The molecule has 0 bridgehead atoms. The summed E-state index contributed by atoms with van der Waals surface area (Å²) < 4.78 is 32.2. The number of imidazole rings is 1. The van der Waals surface area contributed by atoms with E-state index in [1.807, 2.05) is 0 Å². The fourth-order valence-corrected chi connectivity index (χ4v) is 2.29. The molecular weight excluding hydrogens is 263 g/mol. The summed E-state index contributed by atoms with van der Waals surface area (Å²) in [7, 11) is -4.37. The normalized spacial score (nSPS) is 12.2. The van der Waals surface area contributed by atoms with E-state index >= 15 is 0 Å². The molecule has 0 aliphatic carbocycles. The molecule has 0 aliphatic rings. The molecule has 80 valence electrons. The summed E-state index contributed by atoms with van der Waals surface area (Å²) in [5.41, 5.74) is 0.0342. The van der Waals surface area contributed by atoms with E-state index in [2.05, 4.69) is 4.98 Å². The van der Waals surface area contributed by atoms with E-state index in [0.717, 1.165) is 6.07 Å². The molecule has 2 heterocycles. The van der Waals surface area contributed by atoms with Crippen LogP contribution in [0.3, 0.4) is 0 Å². The van der Waals surface area contributed by atoms with Crippen LogP contribution >= 0.6 is 23.2 Å². The maximum absolute atomic E-state index is 11.0. The molecule has 0 radical (unpaired) electrons. The van der Waals surface area contributed by atoms with Crippen LogP contribution in [0.5, 0.6) is 0 Å². The largest absolute Gasteiger partial charge is 0.298 e. The van der Waals surface area contributed by atoms with Gasteiger partial charge < -0.3 is 0 Å². The Morgan fingerprint density at radius 1 is 1.40 bits per heavy atom. The lowest BCUT2D eigenvalue weighted by atomic mass is 10.5. The minimum atomic E-state index is -4.37. The van der Waals surface area contributed by atoms with Gasteiger partial charge in [-0.05, 0) is 6.07 Å². The lowest BCUT2D eigenvalue weighted by molar-refractivity contribution is 0.483. The van der Waals surface area contributed by atoms with Crippen LogP contribution in [0.1, 0.15) is 0 Å². The highest BCUT2D eigenvalue weighted by molar-refractivity contribution is 7.86. The molecule has 0 saturated carbocycles. The molecule has 0 spiro atoms. The maximum atomic E-state index is 11.0. The smallest absolute Gasteiger partial charge is 0.288 e. The Morgan fingerprint density at radius 3 is 2.67 bits per heavy atom. The van der Waals surface area contributed by atoms with Gasteiger partial charge in [0.1, 0.15) is 10.0 Å². The van der Waals surface area contributed by atoms with Crippen LogP contribution in [0.15, 0.2) is 23.4 Å². The fourth-order valence-electron chi connectivity index (χ4n) is 1.19. The zero-order chi connectivity index (χ0) is 11.2. The number of hydrogen-bond acceptors (Lipinski definition) is 3. The molecule has 1 N–H and O–H groups in total. The van der Waals surface area contributed by atoms with Crippen molar-refractivity contribution in [2.75, 3.05) is 0 Å². The van der Waals surface area contributed by atoms with E-state index in [1.54, 1.807) is 0 Å². The SMILES string of the molecule is O=S(=O)(O)c1cc(Cl)cn2c(Cl)cnc12. The Hall–Kier alpha value is -0.820. The number of aromatic nitrogens is 2. The first-order valence-electron chi connectivity index (χ1n) is 3.69. The van der Waals surface area contributed by atoms with Crippen molar-refractivity contribution in [3.8, 4) is 0 Å². The van der Waals surface area contributed by atoms with E-state index in [9.17, 15) is 8.42 Å². The molecular formula is C7H4Cl2N2O3S. The molecule has 0 saturated heterocycles. The Morgan fingerprint density at radius 2 is 2.07 bits per heavy atom. The van der Waals surface area contributed by atoms with Gasteiger partial charge in [0.25, 0.3) is 10.1 Å². The van der Waals surface area contributed by atoms with Gasteiger partial charge in [-0.15, -0.1) is 0 Å². The van der Waals surface area contributed by atoms with Crippen LogP contribution < -0.4 is 0 Å². The molecule has 8 heteroatoms. The quantitative estimate of drug-likeness (QED) is 0.801. The van der Waals surface area contributed by atoms with Gasteiger partial charge in [-0.1, -0.05) is 23.2 Å². The molecule has 0 aromatic carbocycles. The maximum Gasteiger partial charge on any atom is 0.298 e. The lowest BCUT2D eigenvalue weighted by Crippen LogP contribution is -2.02. The van der Waals surface area contributed by atoms with Crippen molar-refractivity contribution in [2.45, 2.75) is 4.90 Å². The first-order chi connectivity index (χ1) is 6.89. The Kier molecular flexibility index (Phi) is 2.38. The molecule has 2 aromatic heterocycles. The average molecular weight is 267 g/mol. The van der Waals surface area contributed by atoms with E-state index in [0.29, 0.717) is 0 Å². The predicted octanol–water partition coefficient (Wildman–Crippen LogP) is 1.89.